The lowest BCUT2D eigenvalue weighted by atomic mass is 9.87. The zero-order valence-corrected chi connectivity index (χ0v) is 14.2. The van der Waals surface area contributed by atoms with Gasteiger partial charge in [0.1, 0.15) is 12.4 Å². The number of benzene rings is 1. The minimum atomic E-state index is 0.178. The lowest BCUT2D eigenvalue weighted by molar-refractivity contribution is 0.160. The average molecular weight is 293 g/mol. The van der Waals surface area contributed by atoms with Gasteiger partial charge in [-0.3, -0.25) is 4.90 Å². The molecule has 0 spiro atoms. The number of hydrogen-bond donors (Lipinski definition) is 1. The fraction of sp³-hybridized carbons (Fsp3) is 0.667. The first-order chi connectivity index (χ1) is 9.84. The fourth-order valence-corrected chi connectivity index (χ4v) is 2.23. The Labute approximate surface area is 129 Å². The number of ether oxygens (including phenoxy) is 1. The second-order valence-corrected chi connectivity index (χ2v) is 6.83. The van der Waals surface area contributed by atoms with E-state index >= 15 is 0 Å². The number of aliphatic hydroxyl groups is 1. The summed E-state index contributed by atoms with van der Waals surface area (Å²) >= 11 is 0. The van der Waals surface area contributed by atoms with Crippen molar-refractivity contribution in [3.63, 3.8) is 0 Å². The van der Waals surface area contributed by atoms with Crippen LogP contribution in [0.15, 0.2) is 24.3 Å². The molecule has 1 aromatic rings. The molecule has 0 aliphatic rings. The Bertz CT molecular complexity index is 393. The summed E-state index contributed by atoms with van der Waals surface area (Å²) < 4.78 is 5.83. The molecule has 3 heteroatoms. The Morgan fingerprint density at radius 3 is 2.19 bits per heavy atom. The molecule has 1 N–H and O–H groups in total. The molecule has 0 atom stereocenters. The zero-order chi connectivity index (χ0) is 15.9. The van der Waals surface area contributed by atoms with E-state index in [4.69, 9.17) is 9.84 Å². The van der Waals surface area contributed by atoms with Gasteiger partial charge < -0.3 is 9.84 Å². The summed E-state index contributed by atoms with van der Waals surface area (Å²) in [7, 11) is 0. The number of aliphatic hydroxyl groups excluding tert-OH is 1. The Hall–Kier alpha value is -1.06. The zero-order valence-electron chi connectivity index (χ0n) is 14.2. The highest BCUT2D eigenvalue weighted by atomic mass is 16.5. The molecule has 0 bridgehead atoms. The average Bonchev–Trinajstić information content (AvgIpc) is 2.41. The van der Waals surface area contributed by atoms with Crippen molar-refractivity contribution < 1.29 is 9.84 Å². The minimum Gasteiger partial charge on any atom is -0.492 e. The van der Waals surface area contributed by atoms with Gasteiger partial charge in [-0.25, -0.2) is 0 Å². The Morgan fingerprint density at radius 1 is 1.10 bits per heavy atom. The molecule has 21 heavy (non-hydrogen) atoms. The van der Waals surface area contributed by atoms with E-state index in [0.717, 1.165) is 25.3 Å². The standard InChI is InChI=1S/C18H31NO2/c1-15(2)19(11-6-13-20)12-14-21-17-9-7-16(8-10-17)18(3,4)5/h7-10,15,20H,6,11-14H2,1-5H3. The number of nitrogens with zero attached hydrogens (tertiary/aromatic N) is 1. The van der Waals surface area contributed by atoms with E-state index in [9.17, 15) is 0 Å². The Kier molecular flexibility index (Phi) is 7.20. The van der Waals surface area contributed by atoms with Gasteiger partial charge in [0.25, 0.3) is 0 Å². The van der Waals surface area contributed by atoms with Gasteiger partial charge in [-0.2, -0.15) is 0 Å². The second-order valence-electron chi connectivity index (χ2n) is 6.83. The van der Waals surface area contributed by atoms with E-state index in [2.05, 4.69) is 51.7 Å². The van der Waals surface area contributed by atoms with Gasteiger partial charge in [0.15, 0.2) is 0 Å². The van der Waals surface area contributed by atoms with Crippen LogP contribution in [0.5, 0.6) is 5.75 Å². The molecule has 0 fully saturated rings. The molecule has 0 amide bonds. The lowest BCUT2D eigenvalue weighted by Gasteiger charge is -2.26. The van der Waals surface area contributed by atoms with Gasteiger partial charge in [-0.05, 0) is 43.4 Å². The highest BCUT2D eigenvalue weighted by Gasteiger charge is 2.13. The Morgan fingerprint density at radius 2 is 1.71 bits per heavy atom. The molecule has 1 aromatic carbocycles. The van der Waals surface area contributed by atoms with Crippen LogP contribution in [0.3, 0.4) is 0 Å². The molecule has 0 aliphatic heterocycles. The lowest BCUT2D eigenvalue weighted by Crippen LogP contribution is -2.35. The predicted octanol–water partition coefficient (Wildman–Crippen LogP) is 3.46. The van der Waals surface area contributed by atoms with Crippen molar-refractivity contribution in [3.05, 3.63) is 29.8 Å². The molecule has 120 valence electrons. The van der Waals surface area contributed by atoms with Gasteiger partial charge in [0, 0.05) is 25.7 Å². The number of hydrogen-bond acceptors (Lipinski definition) is 3. The molecule has 0 heterocycles. The van der Waals surface area contributed by atoms with E-state index in [1.807, 2.05) is 12.1 Å². The van der Waals surface area contributed by atoms with E-state index in [-0.39, 0.29) is 12.0 Å². The van der Waals surface area contributed by atoms with Crippen LogP contribution in [0.2, 0.25) is 0 Å². The predicted molar refractivity (Wildman–Crippen MR) is 89.0 cm³/mol. The maximum Gasteiger partial charge on any atom is 0.119 e. The van der Waals surface area contributed by atoms with Gasteiger partial charge in [-0.1, -0.05) is 32.9 Å². The van der Waals surface area contributed by atoms with Crippen molar-refractivity contribution in [1.82, 2.24) is 4.90 Å². The monoisotopic (exact) mass is 293 g/mol. The molecule has 0 aromatic heterocycles. The summed E-state index contributed by atoms with van der Waals surface area (Å²) in [6.45, 7) is 13.7. The van der Waals surface area contributed by atoms with E-state index in [1.54, 1.807) is 0 Å². The third-order valence-corrected chi connectivity index (χ3v) is 3.70. The first-order valence-electron chi connectivity index (χ1n) is 7.93. The molecule has 3 nitrogen and oxygen atoms in total. The van der Waals surface area contributed by atoms with Crippen LogP contribution in [0.25, 0.3) is 0 Å². The minimum absolute atomic E-state index is 0.178. The van der Waals surface area contributed by atoms with Crippen LogP contribution in [0.4, 0.5) is 0 Å². The third kappa shape index (κ3) is 6.49. The van der Waals surface area contributed by atoms with Gasteiger partial charge >= 0.3 is 0 Å². The molecular weight excluding hydrogens is 262 g/mol. The summed E-state index contributed by atoms with van der Waals surface area (Å²) in [5.41, 5.74) is 1.50. The van der Waals surface area contributed by atoms with Gasteiger partial charge in [0.05, 0.1) is 0 Å². The summed E-state index contributed by atoms with van der Waals surface area (Å²) in [5.74, 6) is 0.925. The van der Waals surface area contributed by atoms with Gasteiger partial charge in [0.2, 0.25) is 0 Å². The van der Waals surface area contributed by atoms with E-state index < -0.39 is 0 Å². The highest BCUT2D eigenvalue weighted by Crippen LogP contribution is 2.24. The van der Waals surface area contributed by atoms with Crippen LogP contribution in [-0.4, -0.2) is 42.4 Å². The van der Waals surface area contributed by atoms with Crippen molar-refractivity contribution in [2.45, 2.75) is 52.5 Å². The van der Waals surface area contributed by atoms with E-state index in [0.29, 0.717) is 12.6 Å². The molecule has 0 saturated heterocycles. The van der Waals surface area contributed by atoms with Crippen molar-refractivity contribution in [1.29, 1.82) is 0 Å². The molecular formula is C18H31NO2. The van der Waals surface area contributed by atoms with Crippen LogP contribution < -0.4 is 4.74 Å². The van der Waals surface area contributed by atoms with Crippen LogP contribution >= 0.6 is 0 Å². The van der Waals surface area contributed by atoms with Crippen molar-refractivity contribution in [2.24, 2.45) is 0 Å². The number of rotatable bonds is 8. The largest absolute Gasteiger partial charge is 0.492 e. The SMILES string of the molecule is CC(C)N(CCCO)CCOc1ccc(C(C)(C)C)cc1. The Balaban J connectivity index is 2.44. The van der Waals surface area contributed by atoms with Crippen LogP contribution in [0, 0.1) is 0 Å². The third-order valence-electron chi connectivity index (χ3n) is 3.70. The molecule has 0 radical (unpaired) electrons. The van der Waals surface area contributed by atoms with Crippen molar-refractivity contribution in [2.75, 3.05) is 26.3 Å². The fourth-order valence-electron chi connectivity index (χ4n) is 2.23. The highest BCUT2D eigenvalue weighted by molar-refractivity contribution is 5.31. The molecule has 0 saturated carbocycles. The molecule has 0 aliphatic carbocycles. The summed E-state index contributed by atoms with van der Waals surface area (Å²) in [6.07, 6.45) is 0.818. The smallest absolute Gasteiger partial charge is 0.119 e. The quantitative estimate of drug-likeness (QED) is 0.797. The van der Waals surface area contributed by atoms with Gasteiger partial charge in [-0.15, -0.1) is 0 Å². The topological polar surface area (TPSA) is 32.7 Å². The summed E-state index contributed by atoms with van der Waals surface area (Å²) in [5, 5.41) is 8.93. The first kappa shape index (κ1) is 18.0. The second kappa shape index (κ2) is 8.40. The first-order valence-corrected chi connectivity index (χ1v) is 7.93. The maximum atomic E-state index is 8.93. The molecule has 1 rings (SSSR count). The van der Waals surface area contributed by atoms with Crippen molar-refractivity contribution >= 4 is 0 Å². The van der Waals surface area contributed by atoms with E-state index in [1.165, 1.54) is 5.56 Å². The normalized spacial score (nSPS) is 12.2. The van der Waals surface area contributed by atoms with Crippen LogP contribution in [0.1, 0.15) is 46.6 Å². The summed E-state index contributed by atoms with van der Waals surface area (Å²) in [4.78, 5) is 2.33. The van der Waals surface area contributed by atoms with Crippen LogP contribution in [-0.2, 0) is 5.41 Å². The van der Waals surface area contributed by atoms with Crippen molar-refractivity contribution in [3.8, 4) is 5.75 Å². The summed E-state index contributed by atoms with van der Waals surface area (Å²) in [6, 6.07) is 8.86. The maximum absolute atomic E-state index is 8.93. The molecule has 0 unspecified atom stereocenters.